The number of thiophene rings is 1. The van der Waals surface area contributed by atoms with Gasteiger partial charge in [-0.15, -0.1) is 11.3 Å². The molecule has 0 saturated carbocycles. The van der Waals surface area contributed by atoms with Crippen molar-refractivity contribution in [2.75, 3.05) is 49.3 Å². The van der Waals surface area contributed by atoms with Crippen molar-refractivity contribution in [1.82, 2.24) is 4.90 Å². The molecule has 1 amide bonds. The van der Waals surface area contributed by atoms with Crippen molar-refractivity contribution >= 4 is 44.7 Å². The third-order valence-electron chi connectivity index (χ3n) is 7.34. The molecule has 0 N–H and O–H groups in total. The molecule has 2 aliphatic rings. The summed E-state index contributed by atoms with van der Waals surface area (Å²) in [5, 5.41) is 3.13. The van der Waals surface area contributed by atoms with Crippen LogP contribution in [-0.4, -0.2) is 56.2 Å². The van der Waals surface area contributed by atoms with E-state index in [4.69, 9.17) is 9.15 Å². The van der Waals surface area contributed by atoms with Crippen LogP contribution in [0.25, 0.3) is 10.1 Å². The van der Waals surface area contributed by atoms with Crippen LogP contribution in [0.15, 0.2) is 64.6 Å². The molecule has 196 valence electrons. The van der Waals surface area contributed by atoms with E-state index in [1.807, 2.05) is 11.4 Å². The van der Waals surface area contributed by atoms with E-state index in [1.165, 1.54) is 12.3 Å². The summed E-state index contributed by atoms with van der Waals surface area (Å²) in [6.07, 6.45) is 3.32. The van der Waals surface area contributed by atoms with Gasteiger partial charge in [0.15, 0.2) is 6.73 Å². The molecular formula is C29H28FN3O4S. The van der Waals surface area contributed by atoms with Crippen molar-refractivity contribution in [3.8, 4) is 0 Å². The van der Waals surface area contributed by atoms with Crippen LogP contribution in [0, 0.1) is 5.82 Å². The summed E-state index contributed by atoms with van der Waals surface area (Å²) < 4.78 is 25.6. The van der Waals surface area contributed by atoms with Gasteiger partial charge in [-0.05, 0) is 65.7 Å². The van der Waals surface area contributed by atoms with Gasteiger partial charge in [-0.1, -0.05) is 12.1 Å². The number of carbonyl (C=O) groups is 2. The summed E-state index contributed by atoms with van der Waals surface area (Å²) in [5.41, 5.74) is 3.99. The molecule has 2 aromatic carbocycles. The highest BCUT2D eigenvalue weighted by Gasteiger charge is 2.26. The highest BCUT2D eigenvalue weighted by molar-refractivity contribution is 7.17. The third kappa shape index (κ3) is 5.04. The number of halogens is 1. The van der Waals surface area contributed by atoms with E-state index in [-0.39, 0.29) is 24.2 Å². The van der Waals surface area contributed by atoms with E-state index >= 15 is 0 Å². The molecule has 7 nitrogen and oxygen atoms in total. The number of fused-ring (bicyclic) bond motifs is 2. The molecule has 0 unspecified atom stereocenters. The lowest BCUT2D eigenvalue weighted by Crippen LogP contribution is -2.47. The lowest BCUT2D eigenvalue weighted by atomic mass is 9.98. The van der Waals surface area contributed by atoms with Crippen molar-refractivity contribution in [2.45, 2.75) is 19.3 Å². The lowest BCUT2D eigenvalue weighted by molar-refractivity contribution is -0.119. The molecule has 2 aromatic heterocycles. The highest BCUT2D eigenvalue weighted by Crippen LogP contribution is 2.33. The fourth-order valence-electron chi connectivity index (χ4n) is 5.25. The standard InChI is InChI=1S/C29H28FN3O4S/c30-22-17-25(23-8-15-38-27(23)18-22)32-12-10-31(11-13-32)9-7-20-3-4-21-5-6-28(34)33(24(21)16-20)19-37-29(35)26-2-1-14-36-26/h1-4,8,14-18H,5-7,9-13,19H2. The molecule has 4 heterocycles. The number of nitrogens with zero attached hydrogens (tertiary/aromatic N) is 3. The predicted octanol–water partition coefficient (Wildman–Crippen LogP) is 5.09. The molecule has 4 aromatic rings. The number of benzene rings is 2. The molecular weight excluding hydrogens is 505 g/mol. The number of aryl methyl sites for hydroxylation is 1. The van der Waals surface area contributed by atoms with Crippen molar-refractivity contribution in [2.24, 2.45) is 0 Å². The van der Waals surface area contributed by atoms with Crippen molar-refractivity contribution in [1.29, 1.82) is 0 Å². The first-order valence-electron chi connectivity index (χ1n) is 12.8. The summed E-state index contributed by atoms with van der Waals surface area (Å²) in [7, 11) is 0. The summed E-state index contributed by atoms with van der Waals surface area (Å²) in [6, 6.07) is 14.7. The number of hydrogen-bond donors (Lipinski definition) is 0. The topological polar surface area (TPSA) is 66.2 Å². The molecule has 1 saturated heterocycles. The van der Waals surface area contributed by atoms with Crippen LogP contribution in [0.3, 0.4) is 0 Å². The van der Waals surface area contributed by atoms with Gasteiger partial charge in [-0.2, -0.15) is 0 Å². The third-order valence-corrected chi connectivity index (χ3v) is 8.21. The minimum atomic E-state index is -0.594. The maximum absolute atomic E-state index is 14.2. The van der Waals surface area contributed by atoms with Gasteiger partial charge in [0.1, 0.15) is 5.82 Å². The zero-order chi connectivity index (χ0) is 26.1. The minimum absolute atomic E-state index is 0.0601. The number of esters is 1. The van der Waals surface area contributed by atoms with Gasteiger partial charge >= 0.3 is 5.97 Å². The van der Waals surface area contributed by atoms with E-state index in [9.17, 15) is 14.0 Å². The average molecular weight is 534 g/mol. The Morgan fingerprint density at radius 1 is 1.03 bits per heavy atom. The number of furan rings is 1. The summed E-state index contributed by atoms with van der Waals surface area (Å²) in [4.78, 5) is 31.1. The summed E-state index contributed by atoms with van der Waals surface area (Å²) >= 11 is 1.57. The first kappa shape index (κ1) is 24.6. The van der Waals surface area contributed by atoms with Crippen LogP contribution < -0.4 is 9.80 Å². The van der Waals surface area contributed by atoms with Gasteiger partial charge in [0, 0.05) is 54.9 Å². The van der Waals surface area contributed by atoms with Gasteiger partial charge in [0.05, 0.1) is 12.0 Å². The minimum Gasteiger partial charge on any atom is -0.457 e. The Kier molecular flexibility index (Phi) is 6.86. The number of anilines is 2. The van der Waals surface area contributed by atoms with Crippen LogP contribution in [0.2, 0.25) is 0 Å². The van der Waals surface area contributed by atoms with E-state index < -0.39 is 5.97 Å². The Balaban J connectivity index is 1.07. The van der Waals surface area contributed by atoms with Crippen molar-refractivity contribution in [3.63, 3.8) is 0 Å². The van der Waals surface area contributed by atoms with Crippen molar-refractivity contribution in [3.05, 3.63) is 82.9 Å². The maximum atomic E-state index is 14.2. The SMILES string of the molecule is O=C(OCN1C(=O)CCc2ccc(CCN3CCN(c4cc(F)cc5sccc45)CC3)cc21)c1ccco1. The second kappa shape index (κ2) is 10.6. The van der Waals surface area contributed by atoms with Gasteiger partial charge in [0.2, 0.25) is 11.7 Å². The van der Waals surface area contributed by atoms with Crippen LogP contribution in [0.1, 0.15) is 28.1 Å². The van der Waals surface area contributed by atoms with Gasteiger partial charge in [-0.25, -0.2) is 9.18 Å². The molecule has 2 aliphatic heterocycles. The molecule has 1 fully saturated rings. The number of hydrogen-bond acceptors (Lipinski definition) is 7. The van der Waals surface area contributed by atoms with E-state index in [0.717, 1.165) is 71.7 Å². The zero-order valence-electron chi connectivity index (χ0n) is 20.9. The molecule has 0 atom stereocenters. The van der Waals surface area contributed by atoms with Crippen LogP contribution in [-0.2, 0) is 22.4 Å². The molecule has 0 spiro atoms. The van der Waals surface area contributed by atoms with Gasteiger partial charge in [-0.3, -0.25) is 14.6 Å². The Labute approximate surface area is 224 Å². The lowest BCUT2D eigenvalue weighted by Gasteiger charge is -2.36. The predicted molar refractivity (Wildman–Crippen MR) is 145 cm³/mol. The molecule has 38 heavy (non-hydrogen) atoms. The van der Waals surface area contributed by atoms with Gasteiger partial charge < -0.3 is 14.1 Å². The fraction of sp³-hybridized carbons (Fsp3) is 0.310. The quantitative estimate of drug-likeness (QED) is 0.308. The number of piperazine rings is 1. The van der Waals surface area contributed by atoms with E-state index in [2.05, 4.69) is 28.0 Å². The van der Waals surface area contributed by atoms with Crippen LogP contribution in [0.5, 0.6) is 0 Å². The first-order chi connectivity index (χ1) is 18.5. The molecule has 0 radical (unpaired) electrons. The van der Waals surface area contributed by atoms with Crippen molar-refractivity contribution < 1.29 is 23.1 Å². The monoisotopic (exact) mass is 533 g/mol. The van der Waals surface area contributed by atoms with Gasteiger partial charge in [0.25, 0.3) is 0 Å². The van der Waals surface area contributed by atoms with E-state index in [1.54, 1.807) is 34.4 Å². The number of rotatable bonds is 7. The molecule has 6 rings (SSSR count). The Bertz CT molecular complexity index is 1460. The number of ether oxygens (including phenoxy) is 1. The number of amides is 1. The normalized spacial score (nSPS) is 16.2. The second-order valence-corrected chi connectivity index (χ2v) is 10.6. The number of carbonyl (C=O) groups excluding carboxylic acids is 2. The maximum Gasteiger partial charge on any atom is 0.375 e. The highest BCUT2D eigenvalue weighted by atomic mass is 32.1. The smallest absolute Gasteiger partial charge is 0.375 e. The molecule has 9 heteroatoms. The summed E-state index contributed by atoms with van der Waals surface area (Å²) in [5.74, 6) is -0.730. The molecule has 0 aliphatic carbocycles. The Morgan fingerprint density at radius 3 is 2.71 bits per heavy atom. The fourth-order valence-corrected chi connectivity index (χ4v) is 6.08. The largest absolute Gasteiger partial charge is 0.457 e. The zero-order valence-corrected chi connectivity index (χ0v) is 21.7. The summed E-state index contributed by atoms with van der Waals surface area (Å²) in [6.45, 7) is 4.25. The first-order valence-corrected chi connectivity index (χ1v) is 13.7. The second-order valence-electron chi connectivity index (χ2n) is 9.66. The van der Waals surface area contributed by atoms with Crippen LogP contribution >= 0.6 is 11.3 Å². The average Bonchev–Trinajstić information content (AvgIpc) is 3.64. The van der Waals surface area contributed by atoms with E-state index in [0.29, 0.717) is 12.8 Å². The molecule has 0 bridgehead atoms. The van der Waals surface area contributed by atoms with Crippen LogP contribution in [0.4, 0.5) is 15.8 Å². The Hall–Kier alpha value is -3.69. The Morgan fingerprint density at radius 2 is 1.89 bits per heavy atom.